The maximum Gasteiger partial charge on any atom is 0.377 e. The minimum Gasteiger partial charge on any atom is -0.505 e. The molecule has 11 heteroatoms. The summed E-state index contributed by atoms with van der Waals surface area (Å²) in [6.45, 7) is 6.64. The van der Waals surface area contributed by atoms with Crippen molar-refractivity contribution in [1.29, 1.82) is 0 Å². The Balaban J connectivity index is 0.000000573. The van der Waals surface area contributed by atoms with Gasteiger partial charge in [0.25, 0.3) is 0 Å². The zero-order chi connectivity index (χ0) is 22.0. The molecule has 170 valence electrons. The number of carbonyl (C=O) groups excluding carboxylic acids is 2. The highest BCUT2D eigenvalue weighted by Crippen LogP contribution is 2.20. The van der Waals surface area contributed by atoms with Crippen LogP contribution in [0.1, 0.15) is 24.2 Å². The summed E-state index contributed by atoms with van der Waals surface area (Å²) >= 11 is 0. The van der Waals surface area contributed by atoms with E-state index in [1.54, 1.807) is 24.3 Å². The SMILES string of the molecule is CCN(CC)CCOC(=O)c1ccc(N)cc1.Cl.O=C1O[C@H]([C@@H](O)CO)C(O)=C1O. The topological polar surface area (TPSA) is 163 Å². The number of ether oxygens (including phenoxy) is 2. The van der Waals surface area contributed by atoms with Crippen LogP contribution in [0.2, 0.25) is 0 Å². The predicted octanol–water partition coefficient (Wildman–Crippen LogP) is 0.782. The molecule has 1 heterocycles. The number of anilines is 1. The smallest absolute Gasteiger partial charge is 0.377 e. The minimum absolute atomic E-state index is 0. The van der Waals surface area contributed by atoms with Gasteiger partial charge in [0.2, 0.25) is 5.76 Å². The third kappa shape index (κ3) is 8.07. The van der Waals surface area contributed by atoms with Gasteiger partial charge < -0.3 is 40.5 Å². The molecule has 0 spiro atoms. The van der Waals surface area contributed by atoms with Crippen LogP contribution < -0.4 is 5.73 Å². The minimum atomic E-state index is -1.42. The Labute approximate surface area is 180 Å². The molecule has 0 bridgehead atoms. The molecule has 1 aromatic rings. The van der Waals surface area contributed by atoms with Crippen LogP contribution in [0.15, 0.2) is 35.8 Å². The van der Waals surface area contributed by atoms with Crippen molar-refractivity contribution in [3.63, 3.8) is 0 Å². The molecule has 2 atom stereocenters. The Bertz CT molecular complexity index is 707. The first-order valence-corrected chi connectivity index (χ1v) is 9.12. The van der Waals surface area contributed by atoms with Crippen molar-refractivity contribution >= 4 is 30.0 Å². The molecule has 0 radical (unpaired) electrons. The van der Waals surface area contributed by atoms with Gasteiger partial charge in [-0.05, 0) is 37.4 Å². The number of nitrogen functional groups attached to an aromatic ring is 1. The van der Waals surface area contributed by atoms with Crippen LogP contribution in [0.25, 0.3) is 0 Å². The molecular formula is C19H29ClN2O8. The van der Waals surface area contributed by atoms with Crippen molar-refractivity contribution in [3.05, 3.63) is 41.3 Å². The van der Waals surface area contributed by atoms with E-state index < -0.39 is 36.3 Å². The molecule has 0 saturated heterocycles. The summed E-state index contributed by atoms with van der Waals surface area (Å²) in [5.41, 5.74) is 6.73. The van der Waals surface area contributed by atoms with E-state index in [-0.39, 0.29) is 18.4 Å². The van der Waals surface area contributed by atoms with E-state index in [4.69, 9.17) is 30.9 Å². The number of nitrogens with zero attached hydrogens (tertiary/aromatic N) is 1. The summed E-state index contributed by atoms with van der Waals surface area (Å²) in [6, 6.07) is 6.74. The first-order valence-electron chi connectivity index (χ1n) is 9.12. The maximum absolute atomic E-state index is 11.6. The van der Waals surface area contributed by atoms with E-state index in [9.17, 15) is 9.59 Å². The second-order valence-electron chi connectivity index (χ2n) is 6.09. The van der Waals surface area contributed by atoms with Gasteiger partial charge in [0, 0.05) is 12.2 Å². The molecule has 0 fully saturated rings. The molecule has 0 aliphatic carbocycles. The fraction of sp³-hybridized carbons (Fsp3) is 0.474. The van der Waals surface area contributed by atoms with Crippen molar-refractivity contribution in [1.82, 2.24) is 4.90 Å². The summed E-state index contributed by atoms with van der Waals surface area (Å²) < 4.78 is 9.50. The van der Waals surface area contributed by atoms with E-state index in [0.29, 0.717) is 17.9 Å². The van der Waals surface area contributed by atoms with Crippen molar-refractivity contribution in [3.8, 4) is 0 Å². The molecule has 30 heavy (non-hydrogen) atoms. The Morgan fingerprint density at radius 2 is 1.80 bits per heavy atom. The van der Waals surface area contributed by atoms with Crippen LogP contribution in [0.3, 0.4) is 0 Å². The van der Waals surface area contributed by atoms with Gasteiger partial charge >= 0.3 is 11.9 Å². The van der Waals surface area contributed by atoms with Crippen molar-refractivity contribution in [2.75, 3.05) is 38.6 Å². The van der Waals surface area contributed by atoms with Gasteiger partial charge in [0.05, 0.1) is 12.2 Å². The second kappa shape index (κ2) is 13.6. The van der Waals surface area contributed by atoms with Crippen LogP contribution in [-0.4, -0.2) is 82.3 Å². The average Bonchev–Trinajstić information content (AvgIpc) is 2.99. The Kier molecular flexibility index (Phi) is 12.5. The Hall–Kier alpha value is -2.53. The van der Waals surface area contributed by atoms with Gasteiger partial charge in [0.15, 0.2) is 11.9 Å². The lowest BCUT2D eigenvalue weighted by Crippen LogP contribution is -2.31. The number of hydrogen-bond donors (Lipinski definition) is 5. The number of nitrogens with two attached hydrogens (primary N) is 1. The summed E-state index contributed by atoms with van der Waals surface area (Å²) in [5.74, 6) is -3.07. The van der Waals surface area contributed by atoms with Crippen LogP contribution in [0.4, 0.5) is 5.69 Å². The number of cyclic esters (lactones) is 1. The predicted molar refractivity (Wildman–Crippen MR) is 111 cm³/mol. The first kappa shape index (κ1) is 27.5. The van der Waals surface area contributed by atoms with Gasteiger partial charge in [-0.3, -0.25) is 0 Å². The second-order valence-corrected chi connectivity index (χ2v) is 6.09. The lowest BCUT2D eigenvalue weighted by Gasteiger charge is -2.17. The molecule has 1 aliphatic heterocycles. The van der Waals surface area contributed by atoms with E-state index in [0.717, 1.165) is 19.6 Å². The van der Waals surface area contributed by atoms with Gasteiger partial charge in [-0.25, -0.2) is 9.59 Å². The Morgan fingerprint density at radius 1 is 1.23 bits per heavy atom. The number of carbonyl (C=O) groups is 2. The summed E-state index contributed by atoms with van der Waals surface area (Å²) in [5, 5.41) is 35.0. The maximum atomic E-state index is 11.6. The molecule has 6 N–H and O–H groups in total. The van der Waals surface area contributed by atoms with E-state index >= 15 is 0 Å². The van der Waals surface area contributed by atoms with Crippen LogP contribution in [0, 0.1) is 0 Å². The van der Waals surface area contributed by atoms with Crippen molar-refractivity contribution in [2.45, 2.75) is 26.1 Å². The number of benzene rings is 1. The number of aliphatic hydroxyl groups excluding tert-OH is 4. The molecule has 10 nitrogen and oxygen atoms in total. The van der Waals surface area contributed by atoms with Gasteiger partial charge in [-0.15, -0.1) is 12.4 Å². The molecule has 2 rings (SSSR count). The molecule has 1 aliphatic rings. The van der Waals surface area contributed by atoms with Gasteiger partial charge in [-0.2, -0.15) is 0 Å². The third-order valence-electron chi connectivity index (χ3n) is 4.16. The summed E-state index contributed by atoms with van der Waals surface area (Å²) in [6.07, 6.45) is -2.78. The number of rotatable bonds is 8. The van der Waals surface area contributed by atoms with Crippen molar-refractivity contribution in [2.24, 2.45) is 0 Å². The van der Waals surface area contributed by atoms with Gasteiger partial charge in [-0.1, -0.05) is 13.8 Å². The standard InChI is InChI=1S/C13H20N2O2.C6H8O6.ClH/c1-3-15(4-2)9-10-17-13(16)11-5-7-12(14)8-6-11;7-1-2(8)5-3(9)4(10)6(11)12-5;/h5-8H,3-4,9-10,14H2,1-2H3;2,5,7-10H,1H2;1H/t;2-,5+;/m.0./s1. The van der Waals surface area contributed by atoms with E-state index in [1.165, 1.54) is 0 Å². The number of likely N-dealkylation sites (N-methyl/N-ethyl adjacent to an activating group) is 1. The summed E-state index contributed by atoms with van der Waals surface area (Å²) in [7, 11) is 0. The lowest BCUT2D eigenvalue weighted by atomic mass is 10.2. The van der Waals surface area contributed by atoms with E-state index in [2.05, 4.69) is 23.5 Å². The van der Waals surface area contributed by atoms with Crippen LogP contribution in [-0.2, 0) is 14.3 Å². The fourth-order valence-corrected chi connectivity index (χ4v) is 2.33. The summed E-state index contributed by atoms with van der Waals surface area (Å²) in [4.78, 5) is 24.4. The lowest BCUT2D eigenvalue weighted by molar-refractivity contribution is -0.147. The molecule has 0 amide bonds. The monoisotopic (exact) mass is 448 g/mol. The molecule has 1 aromatic carbocycles. The Morgan fingerprint density at radius 3 is 2.23 bits per heavy atom. The van der Waals surface area contributed by atoms with Crippen LogP contribution in [0.5, 0.6) is 0 Å². The third-order valence-corrected chi connectivity index (χ3v) is 4.16. The highest BCUT2D eigenvalue weighted by molar-refractivity contribution is 5.90. The molecular weight excluding hydrogens is 420 g/mol. The number of halogens is 1. The molecule has 0 unspecified atom stereocenters. The largest absolute Gasteiger partial charge is 0.505 e. The highest BCUT2D eigenvalue weighted by atomic mass is 35.5. The normalized spacial score (nSPS) is 16.3. The van der Waals surface area contributed by atoms with E-state index in [1.807, 2.05) is 0 Å². The average molecular weight is 449 g/mol. The highest BCUT2D eigenvalue weighted by Gasteiger charge is 2.38. The molecule has 0 aromatic heterocycles. The molecule has 0 saturated carbocycles. The zero-order valence-electron chi connectivity index (χ0n) is 16.9. The van der Waals surface area contributed by atoms with Crippen molar-refractivity contribution < 1.29 is 39.5 Å². The number of esters is 2. The quantitative estimate of drug-likeness (QED) is 0.283. The zero-order valence-corrected chi connectivity index (χ0v) is 17.7. The number of hydrogen-bond acceptors (Lipinski definition) is 10. The first-order chi connectivity index (χ1) is 13.7. The fourth-order valence-electron chi connectivity index (χ4n) is 2.33. The number of aliphatic hydroxyl groups is 4. The van der Waals surface area contributed by atoms with Gasteiger partial charge in [0.1, 0.15) is 12.7 Å². The van der Waals surface area contributed by atoms with Crippen LogP contribution >= 0.6 is 12.4 Å².